The highest BCUT2D eigenvalue weighted by Gasteiger charge is 2.02. The lowest BCUT2D eigenvalue weighted by Crippen LogP contribution is -2.11. The van der Waals surface area contributed by atoms with Gasteiger partial charge in [0.15, 0.2) is 0 Å². The molecule has 0 amide bonds. The van der Waals surface area contributed by atoms with Gasteiger partial charge in [-0.25, -0.2) is 4.68 Å². The summed E-state index contributed by atoms with van der Waals surface area (Å²) in [6, 6.07) is 5.81. The zero-order valence-corrected chi connectivity index (χ0v) is 13.3. The molecule has 2 rings (SSSR count). The maximum Gasteiger partial charge on any atom is 0.205 e. The van der Waals surface area contributed by atoms with Crippen molar-refractivity contribution in [2.75, 3.05) is 14.2 Å². The number of methoxy groups -OCH3 is 1. The van der Waals surface area contributed by atoms with Gasteiger partial charge in [-0.2, -0.15) is 5.10 Å². The van der Waals surface area contributed by atoms with E-state index in [-0.39, 0.29) is 0 Å². The number of thiazole rings is 1. The van der Waals surface area contributed by atoms with Crippen molar-refractivity contribution in [1.29, 1.82) is 0 Å². The lowest BCUT2D eigenvalue weighted by atomic mass is 10.2. The molecule has 0 bridgehead atoms. The van der Waals surface area contributed by atoms with Crippen LogP contribution in [0.3, 0.4) is 0 Å². The Balaban J connectivity index is 2.43. The van der Waals surface area contributed by atoms with E-state index in [1.165, 1.54) is 0 Å². The van der Waals surface area contributed by atoms with Gasteiger partial charge in [0.05, 0.1) is 19.0 Å². The number of ether oxygens (including phenoxy) is 1. The standard InChI is InChI=1S/C13H14BrN3OS/c1-9-8-19-13(15-2)17(9)16-7-10-6-11(14)4-5-12(10)18-3/h4-8H,1-3H3/b15-13?,16-7-. The molecule has 1 aromatic heterocycles. The van der Waals surface area contributed by atoms with Crippen LogP contribution in [0.25, 0.3) is 0 Å². The molecule has 4 nitrogen and oxygen atoms in total. The van der Waals surface area contributed by atoms with Gasteiger partial charge in [-0.3, -0.25) is 4.99 Å². The lowest BCUT2D eigenvalue weighted by Gasteiger charge is -2.04. The average molecular weight is 340 g/mol. The van der Waals surface area contributed by atoms with Crippen molar-refractivity contribution in [3.8, 4) is 5.75 Å². The molecule has 1 aromatic carbocycles. The van der Waals surface area contributed by atoms with Crippen molar-refractivity contribution in [2.24, 2.45) is 10.1 Å². The van der Waals surface area contributed by atoms with Gasteiger partial charge in [0, 0.05) is 22.5 Å². The van der Waals surface area contributed by atoms with Crippen LogP contribution in [-0.4, -0.2) is 25.0 Å². The Kier molecular flexibility index (Phi) is 4.55. The van der Waals surface area contributed by atoms with Crippen molar-refractivity contribution in [3.05, 3.63) is 44.1 Å². The molecule has 0 saturated heterocycles. The molecule has 0 aliphatic carbocycles. The summed E-state index contributed by atoms with van der Waals surface area (Å²) in [7, 11) is 3.41. The Morgan fingerprint density at radius 1 is 1.42 bits per heavy atom. The average Bonchev–Trinajstić information content (AvgIpc) is 2.77. The third-order valence-corrected chi connectivity index (χ3v) is 4.06. The van der Waals surface area contributed by atoms with Crippen LogP contribution in [0.2, 0.25) is 0 Å². The minimum absolute atomic E-state index is 0.787. The predicted octanol–water partition coefficient (Wildman–Crippen LogP) is 3.04. The van der Waals surface area contributed by atoms with Crippen LogP contribution < -0.4 is 9.54 Å². The molecular formula is C13H14BrN3OS. The minimum atomic E-state index is 0.787. The number of rotatable bonds is 3. The smallest absolute Gasteiger partial charge is 0.205 e. The zero-order chi connectivity index (χ0) is 13.8. The Morgan fingerprint density at radius 3 is 2.89 bits per heavy atom. The Morgan fingerprint density at radius 2 is 2.21 bits per heavy atom. The summed E-state index contributed by atoms with van der Waals surface area (Å²) >= 11 is 5.01. The van der Waals surface area contributed by atoms with Crippen molar-refractivity contribution in [1.82, 2.24) is 4.68 Å². The Hall–Kier alpha value is -1.40. The van der Waals surface area contributed by atoms with Crippen molar-refractivity contribution >= 4 is 33.5 Å². The van der Waals surface area contributed by atoms with E-state index in [2.05, 4.69) is 26.0 Å². The molecule has 0 aliphatic rings. The zero-order valence-electron chi connectivity index (χ0n) is 10.9. The van der Waals surface area contributed by atoms with Gasteiger partial charge in [0.1, 0.15) is 5.75 Å². The normalized spacial score (nSPS) is 12.3. The quantitative estimate of drug-likeness (QED) is 0.792. The van der Waals surface area contributed by atoms with Crippen LogP contribution in [-0.2, 0) is 0 Å². The molecule has 0 radical (unpaired) electrons. The Labute approximate surface area is 124 Å². The van der Waals surface area contributed by atoms with Gasteiger partial charge in [-0.15, -0.1) is 11.3 Å². The summed E-state index contributed by atoms with van der Waals surface area (Å²) in [6.07, 6.45) is 1.78. The second-order valence-electron chi connectivity index (χ2n) is 3.83. The fraction of sp³-hybridized carbons (Fsp3) is 0.231. The first kappa shape index (κ1) is 14.0. The molecule has 19 heavy (non-hydrogen) atoms. The van der Waals surface area contributed by atoms with Crippen LogP contribution in [0.1, 0.15) is 11.3 Å². The van der Waals surface area contributed by atoms with E-state index in [0.29, 0.717) is 0 Å². The van der Waals surface area contributed by atoms with Crippen molar-refractivity contribution in [3.63, 3.8) is 0 Å². The molecule has 6 heteroatoms. The monoisotopic (exact) mass is 339 g/mol. The first-order valence-electron chi connectivity index (χ1n) is 5.63. The van der Waals surface area contributed by atoms with Crippen LogP contribution in [0.4, 0.5) is 0 Å². The second kappa shape index (κ2) is 6.16. The van der Waals surface area contributed by atoms with E-state index in [9.17, 15) is 0 Å². The summed E-state index contributed by atoms with van der Waals surface area (Å²) in [6.45, 7) is 2.00. The van der Waals surface area contributed by atoms with Crippen molar-refractivity contribution in [2.45, 2.75) is 6.92 Å². The van der Waals surface area contributed by atoms with Gasteiger partial charge >= 0.3 is 0 Å². The van der Waals surface area contributed by atoms with Gasteiger partial charge in [-0.05, 0) is 25.1 Å². The molecule has 0 fully saturated rings. The minimum Gasteiger partial charge on any atom is -0.496 e. The summed E-state index contributed by atoms with van der Waals surface area (Å²) in [5.74, 6) is 0.787. The summed E-state index contributed by atoms with van der Waals surface area (Å²) < 4.78 is 8.11. The third-order valence-electron chi connectivity index (χ3n) is 2.55. The van der Waals surface area contributed by atoms with Crippen LogP contribution in [0.15, 0.2) is 38.1 Å². The Bertz CT molecular complexity index is 673. The number of nitrogens with zero attached hydrogens (tertiary/aromatic N) is 3. The number of hydrogen-bond donors (Lipinski definition) is 0. The molecular weight excluding hydrogens is 326 g/mol. The fourth-order valence-corrected chi connectivity index (χ4v) is 2.75. The highest BCUT2D eigenvalue weighted by atomic mass is 79.9. The number of aromatic nitrogens is 1. The van der Waals surface area contributed by atoms with Crippen LogP contribution in [0, 0.1) is 6.92 Å². The topological polar surface area (TPSA) is 38.9 Å². The maximum atomic E-state index is 5.31. The SMILES string of the molecule is CN=c1scc(C)n1/N=C\c1cc(Br)ccc1OC. The van der Waals surface area contributed by atoms with Gasteiger partial charge < -0.3 is 4.74 Å². The first-order chi connectivity index (χ1) is 9.15. The predicted molar refractivity (Wildman–Crippen MR) is 82.2 cm³/mol. The maximum absolute atomic E-state index is 5.31. The summed E-state index contributed by atoms with van der Waals surface area (Å²) in [5.41, 5.74) is 1.97. The highest BCUT2D eigenvalue weighted by Crippen LogP contribution is 2.21. The molecule has 2 aromatic rings. The van der Waals surface area contributed by atoms with Gasteiger partial charge in [0.25, 0.3) is 0 Å². The van der Waals surface area contributed by atoms with Crippen LogP contribution in [0.5, 0.6) is 5.75 Å². The van der Waals surface area contributed by atoms with Crippen LogP contribution >= 0.6 is 27.3 Å². The van der Waals surface area contributed by atoms with E-state index in [1.54, 1.807) is 31.7 Å². The molecule has 0 atom stereocenters. The molecule has 100 valence electrons. The number of aryl methyl sites for hydroxylation is 1. The lowest BCUT2D eigenvalue weighted by molar-refractivity contribution is 0.414. The van der Waals surface area contributed by atoms with Crippen molar-refractivity contribution < 1.29 is 4.74 Å². The molecule has 0 saturated carbocycles. The first-order valence-corrected chi connectivity index (χ1v) is 7.31. The van der Waals surface area contributed by atoms with Gasteiger partial charge in [0.2, 0.25) is 4.80 Å². The summed E-state index contributed by atoms with van der Waals surface area (Å²) in [4.78, 5) is 5.05. The number of halogens is 1. The number of benzene rings is 1. The molecule has 1 heterocycles. The molecule has 0 aliphatic heterocycles. The van der Waals surface area contributed by atoms with Gasteiger partial charge in [-0.1, -0.05) is 15.9 Å². The highest BCUT2D eigenvalue weighted by molar-refractivity contribution is 9.10. The molecule has 0 N–H and O–H groups in total. The van der Waals surface area contributed by atoms with E-state index in [4.69, 9.17) is 4.74 Å². The number of hydrogen-bond acceptors (Lipinski definition) is 4. The largest absolute Gasteiger partial charge is 0.496 e. The van der Waals surface area contributed by atoms with E-state index in [1.807, 2.05) is 35.2 Å². The van der Waals surface area contributed by atoms with E-state index < -0.39 is 0 Å². The molecule has 0 unspecified atom stereocenters. The second-order valence-corrected chi connectivity index (χ2v) is 5.58. The summed E-state index contributed by atoms with van der Waals surface area (Å²) in [5, 5.41) is 6.49. The third kappa shape index (κ3) is 3.13. The fourth-order valence-electron chi connectivity index (χ4n) is 1.60. The molecule has 0 spiro atoms. The van der Waals surface area contributed by atoms with E-state index in [0.717, 1.165) is 26.3 Å². The van der Waals surface area contributed by atoms with E-state index >= 15 is 0 Å².